The van der Waals surface area contributed by atoms with E-state index < -0.39 is 10.0 Å². The molecule has 0 saturated heterocycles. The highest BCUT2D eigenvalue weighted by atomic mass is 32.3. The average molecular weight is 435 g/mol. The molecular formula is C25H38O4S. The molecule has 2 rings (SSSR count). The minimum Gasteiger partial charge on any atom is -0.507 e. The molecule has 0 atom stereocenters. The van der Waals surface area contributed by atoms with Crippen molar-refractivity contribution < 1.29 is 19.3 Å². The first kappa shape index (κ1) is 24.4. The van der Waals surface area contributed by atoms with E-state index >= 15 is 0 Å². The van der Waals surface area contributed by atoms with Crippen molar-refractivity contribution in [2.24, 2.45) is 0 Å². The minimum atomic E-state index is -1.17. The van der Waals surface area contributed by atoms with Gasteiger partial charge in [-0.2, -0.15) is 10.0 Å². The van der Waals surface area contributed by atoms with Gasteiger partial charge in [0.25, 0.3) is 0 Å². The third kappa shape index (κ3) is 6.08. The Bertz CT molecular complexity index is 808. The van der Waals surface area contributed by atoms with Gasteiger partial charge < -0.3 is 19.3 Å². The lowest BCUT2D eigenvalue weighted by atomic mass is 9.79. The standard InChI is InChI=1S/C25H38O4S/c1-24(2,3)21-14-19(15-22(23(21)26)25(4,5)6)29-17-30(8,9)20-12-10-18(11-13-20)28-16-27-7/h10-15,26H,16-17H2,1-9H3. The molecule has 0 spiro atoms. The molecule has 0 aliphatic heterocycles. The molecule has 2 aromatic carbocycles. The van der Waals surface area contributed by atoms with Crippen molar-refractivity contribution in [2.45, 2.75) is 57.3 Å². The normalized spacial score (nSPS) is 13.2. The van der Waals surface area contributed by atoms with Crippen LogP contribution in [0.1, 0.15) is 52.7 Å². The van der Waals surface area contributed by atoms with Crippen LogP contribution in [0.5, 0.6) is 17.2 Å². The number of phenols is 1. The molecule has 1 N–H and O–H groups in total. The molecule has 0 aliphatic rings. The van der Waals surface area contributed by atoms with E-state index in [2.05, 4.69) is 66.2 Å². The highest BCUT2D eigenvalue weighted by Gasteiger charge is 2.27. The maximum absolute atomic E-state index is 10.9. The smallest absolute Gasteiger partial charge is 0.188 e. The van der Waals surface area contributed by atoms with Crippen molar-refractivity contribution >= 4 is 10.0 Å². The van der Waals surface area contributed by atoms with Gasteiger partial charge in [-0.15, -0.1) is 0 Å². The largest absolute Gasteiger partial charge is 0.507 e. The van der Waals surface area contributed by atoms with Gasteiger partial charge in [0.15, 0.2) is 6.79 Å². The molecule has 0 aromatic heterocycles. The van der Waals surface area contributed by atoms with Crippen molar-refractivity contribution in [3.8, 4) is 17.2 Å². The first-order valence-electron chi connectivity index (χ1n) is 10.2. The molecule has 0 unspecified atom stereocenters. The first-order chi connectivity index (χ1) is 13.8. The number of phenolic OH excluding ortho intramolecular Hbond substituents is 1. The summed E-state index contributed by atoms with van der Waals surface area (Å²) in [5.41, 5.74) is 1.48. The molecule has 0 amide bonds. The maximum Gasteiger partial charge on any atom is 0.188 e. The van der Waals surface area contributed by atoms with Gasteiger partial charge in [-0.3, -0.25) is 0 Å². The van der Waals surface area contributed by atoms with Gasteiger partial charge in [0, 0.05) is 18.2 Å². The highest BCUT2D eigenvalue weighted by Crippen LogP contribution is 2.50. The van der Waals surface area contributed by atoms with Crippen LogP contribution in [0.4, 0.5) is 0 Å². The fraction of sp³-hybridized carbons (Fsp3) is 0.520. The summed E-state index contributed by atoms with van der Waals surface area (Å²) in [7, 11) is 0.436. The van der Waals surface area contributed by atoms with E-state index in [-0.39, 0.29) is 17.6 Å². The van der Waals surface area contributed by atoms with E-state index in [0.29, 0.717) is 11.7 Å². The fourth-order valence-electron chi connectivity index (χ4n) is 3.15. The number of benzene rings is 2. The summed E-state index contributed by atoms with van der Waals surface area (Å²) >= 11 is 0. The summed E-state index contributed by atoms with van der Waals surface area (Å²) in [5, 5.41) is 10.9. The van der Waals surface area contributed by atoms with Crippen molar-refractivity contribution in [2.75, 3.05) is 32.4 Å². The second-order valence-electron chi connectivity index (χ2n) is 10.2. The van der Waals surface area contributed by atoms with Crippen LogP contribution in [-0.4, -0.2) is 37.5 Å². The number of methoxy groups -OCH3 is 1. The van der Waals surface area contributed by atoms with Gasteiger partial charge in [-0.25, -0.2) is 0 Å². The zero-order valence-corrected chi connectivity index (χ0v) is 20.8. The predicted molar refractivity (Wildman–Crippen MR) is 128 cm³/mol. The van der Waals surface area contributed by atoms with Crippen molar-refractivity contribution in [1.82, 2.24) is 0 Å². The van der Waals surface area contributed by atoms with Gasteiger partial charge in [0.1, 0.15) is 23.2 Å². The van der Waals surface area contributed by atoms with Crippen molar-refractivity contribution in [1.29, 1.82) is 0 Å². The molecule has 168 valence electrons. The summed E-state index contributed by atoms with van der Waals surface area (Å²) < 4.78 is 16.8. The molecule has 0 fully saturated rings. The molecule has 0 saturated carbocycles. The average Bonchev–Trinajstić information content (AvgIpc) is 2.64. The highest BCUT2D eigenvalue weighted by molar-refractivity contribution is 8.32. The zero-order chi connectivity index (χ0) is 22.7. The van der Waals surface area contributed by atoms with Crippen LogP contribution >= 0.6 is 10.0 Å². The molecule has 0 bridgehead atoms. The molecule has 5 heteroatoms. The van der Waals surface area contributed by atoms with Gasteiger partial charge in [-0.1, -0.05) is 41.5 Å². The van der Waals surface area contributed by atoms with Crippen LogP contribution in [0.25, 0.3) is 0 Å². The minimum absolute atomic E-state index is 0.177. The van der Waals surface area contributed by atoms with E-state index in [0.717, 1.165) is 22.6 Å². The van der Waals surface area contributed by atoms with Crippen LogP contribution in [0.15, 0.2) is 41.3 Å². The van der Waals surface area contributed by atoms with Crippen LogP contribution in [0, 0.1) is 0 Å². The lowest BCUT2D eigenvalue weighted by Gasteiger charge is -2.33. The Labute approximate surface area is 183 Å². The van der Waals surface area contributed by atoms with E-state index in [1.54, 1.807) is 7.11 Å². The van der Waals surface area contributed by atoms with Crippen LogP contribution in [0.3, 0.4) is 0 Å². The third-order valence-electron chi connectivity index (χ3n) is 5.02. The van der Waals surface area contributed by atoms with Gasteiger partial charge in [0.2, 0.25) is 0 Å². The topological polar surface area (TPSA) is 47.9 Å². The molecular weight excluding hydrogens is 396 g/mol. The van der Waals surface area contributed by atoms with Gasteiger partial charge >= 0.3 is 0 Å². The second-order valence-corrected chi connectivity index (χ2v) is 14.0. The van der Waals surface area contributed by atoms with Gasteiger partial charge in [0.05, 0.1) is 0 Å². The van der Waals surface area contributed by atoms with Crippen LogP contribution < -0.4 is 9.47 Å². The quantitative estimate of drug-likeness (QED) is 0.510. The number of hydrogen-bond acceptors (Lipinski definition) is 4. The summed E-state index contributed by atoms with van der Waals surface area (Å²) in [6.07, 6.45) is 4.49. The maximum atomic E-state index is 10.9. The summed E-state index contributed by atoms with van der Waals surface area (Å²) in [6, 6.07) is 12.1. The van der Waals surface area contributed by atoms with Crippen LogP contribution in [-0.2, 0) is 15.6 Å². The summed E-state index contributed by atoms with van der Waals surface area (Å²) in [4.78, 5) is 1.25. The number of hydrogen-bond donors (Lipinski definition) is 1. The summed E-state index contributed by atoms with van der Waals surface area (Å²) in [6.45, 7) is 12.9. The summed E-state index contributed by atoms with van der Waals surface area (Å²) in [5.74, 6) is 2.58. The fourth-order valence-corrected chi connectivity index (χ4v) is 4.59. The second kappa shape index (κ2) is 9.11. The zero-order valence-electron chi connectivity index (χ0n) is 20.0. The Hall–Kier alpha value is -1.85. The van der Waals surface area contributed by atoms with Crippen LogP contribution in [0.2, 0.25) is 0 Å². The Morgan fingerprint density at radius 1 is 0.800 bits per heavy atom. The first-order valence-corrected chi connectivity index (χ1v) is 12.8. The third-order valence-corrected chi connectivity index (χ3v) is 7.28. The molecule has 2 aromatic rings. The van der Waals surface area contributed by atoms with Crippen molar-refractivity contribution in [3.05, 3.63) is 47.5 Å². The Morgan fingerprint density at radius 2 is 1.30 bits per heavy atom. The molecule has 0 aliphatic carbocycles. The number of aromatic hydroxyl groups is 1. The lowest BCUT2D eigenvalue weighted by Crippen LogP contribution is -2.18. The molecule has 0 radical (unpaired) electrons. The van der Waals surface area contributed by atoms with E-state index in [1.807, 2.05) is 24.3 Å². The van der Waals surface area contributed by atoms with E-state index in [4.69, 9.17) is 14.2 Å². The Balaban J connectivity index is 2.27. The molecule has 0 heterocycles. The Kier molecular flexibility index (Phi) is 7.41. The molecule has 30 heavy (non-hydrogen) atoms. The Morgan fingerprint density at radius 3 is 1.73 bits per heavy atom. The SMILES string of the molecule is COCOc1ccc(S(C)(C)COc2cc(C(C)(C)C)c(O)c(C(C)(C)C)c2)cc1. The number of ether oxygens (including phenoxy) is 3. The van der Waals surface area contributed by atoms with E-state index in [9.17, 15) is 5.11 Å². The van der Waals surface area contributed by atoms with E-state index in [1.165, 1.54) is 4.90 Å². The monoisotopic (exact) mass is 434 g/mol. The number of rotatable bonds is 7. The molecule has 4 nitrogen and oxygen atoms in total. The van der Waals surface area contributed by atoms with Crippen molar-refractivity contribution in [3.63, 3.8) is 0 Å². The lowest BCUT2D eigenvalue weighted by molar-refractivity contribution is 0.0511. The predicted octanol–water partition coefficient (Wildman–Crippen LogP) is 6.43. The van der Waals surface area contributed by atoms with Gasteiger partial charge in [-0.05, 0) is 64.6 Å².